The third-order valence-electron chi connectivity index (χ3n) is 1.21. The summed E-state index contributed by atoms with van der Waals surface area (Å²) < 4.78 is 0. The molecule has 0 radical (unpaired) electrons. The van der Waals surface area contributed by atoms with E-state index in [2.05, 4.69) is 0 Å². The predicted octanol–water partition coefficient (Wildman–Crippen LogP) is -1.31. The Bertz CT molecular complexity index is 198. The number of rotatable bonds is 5. The third kappa shape index (κ3) is 2.67. The van der Waals surface area contributed by atoms with E-state index in [1.165, 1.54) is 0 Å². The summed E-state index contributed by atoms with van der Waals surface area (Å²) in [6.07, 6.45) is -0.233. The minimum Gasteiger partial charge on any atom is -0.480 e. The van der Waals surface area contributed by atoms with Gasteiger partial charge in [0, 0.05) is 6.42 Å². The molecule has 0 aromatic rings. The Balaban J connectivity index is 4.41. The summed E-state index contributed by atoms with van der Waals surface area (Å²) in [5, 5.41) is 16.6. The monoisotopic (exact) mass is 175 g/mol. The van der Waals surface area contributed by atoms with E-state index in [-0.39, 0.29) is 13.0 Å². The van der Waals surface area contributed by atoms with Gasteiger partial charge in [-0.2, -0.15) is 0 Å². The molecule has 4 N–H and O–H groups in total. The van der Waals surface area contributed by atoms with Gasteiger partial charge in [0.05, 0.1) is 0 Å². The zero-order valence-electron chi connectivity index (χ0n) is 6.19. The van der Waals surface area contributed by atoms with E-state index in [0.29, 0.717) is 0 Å². The van der Waals surface area contributed by atoms with E-state index >= 15 is 0 Å². The highest BCUT2D eigenvalue weighted by molar-refractivity contribution is 6.13. The molecule has 0 saturated heterocycles. The number of nitrogens with two attached hydrogens (primary N) is 1. The van der Waals surface area contributed by atoms with Crippen LogP contribution < -0.4 is 5.73 Å². The lowest BCUT2D eigenvalue weighted by Gasteiger charge is -2.03. The molecule has 0 amide bonds. The molecule has 0 fully saturated rings. The minimum atomic E-state index is -1.98. The fraction of sp³-hybridized carbons (Fsp3) is 0.500. The van der Waals surface area contributed by atoms with Gasteiger partial charge < -0.3 is 15.9 Å². The van der Waals surface area contributed by atoms with E-state index < -0.39 is 23.6 Å². The Morgan fingerprint density at radius 1 is 1.17 bits per heavy atom. The van der Waals surface area contributed by atoms with Gasteiger partial charge in [-0.3, -0.25) is 14.4 Å². The highest BCUT2D eigenvalue weighted by Gasteiger charge is 2.32. The molecule has 0 aliphatic carbocycles. The first kappa shape index (κ1) is 10.6. The van der Waals surface area contributed by atoms with Gasteiger partial charge in [0.15, 0.2) is 5.78 Å². The first-order valence-corrected chi connectivity index (χ1v) is 3.19. The van der Waals surface area contributed by atoms with Crippen molar-refractivity contribution in [3.8, 4) is 0 Å². The van der Waals surface area contributed by atoms with E-state index in [9.17, 15) is 14.4 Å². The van der Waals surface area contributed by atoms with Crippen LogP contribution >= 0.6 is 0 Å². The van der Waals surface area contributed by atoms with Gasteiger partial charge in [0.2, 0.25) is 5.92 Å². The summed E-state index contributed by atoms with van der Waals surface area (Å²) in [6.45, 7) is -0.0457. The number of carboxylic acid groups (broad SMARTS) is 2. The van der Waals surface area contributed by atoms with Crippen molar-refractivity contribution >= 4 is 17.7 Å². The molecule has 0 atom stereocenters. The van der Waals surface area contributed by atoms with Crippen molar-refractivity contribution in [1.29, 1.82) is 0 Å². The van der Waals surface area contributed by atoms with Gasteiger partial charge >= 0.3 is 11.9 Å². The Morgan fingerprint density at radius 2 is 1.58 bits per heavy atom. The number of Topliss-reactive ketones (excluding diaryl/α,β-unsaturated/α-hetero) is 1. The summed E-state index contributed by atoms with van der Waals surface area (Å²) in [6, 6.07) is 0. The number of ketones is 1. The lowest BCUT2D eigenvalue weighted by Crippen LogP contribution is -2.32. The average molecular weight is 175 g/mol. The molecule has 68 valence electrons. The van der Waals surface area contributed by atoms with Crippen LogP contribution in [0.1, 0.15) is 6.42 Å². The summed E-state index contributed by atoms with van der Waals surface area (Å²) in [5.41, 5.74) is 4.96. The minimum absolute atomic E-state index is 0.0457. The normalized spacial score (nSPS) is 9.83. The standard InChI is InChI=1S/C6H9NO5/c7-2-1-3(8)4(5(9)10)6(11)12/h4H,1-2,7H2,(H,9,10)(H,11,12). The fourth-order valence-electron chi connectivity index (χ4n) is 0.668. The fourth-order valence-corrected chi connectivity index (χ4v) is 0.668. The maximum Gasteiger partial charge on any atom is 0.325 e. The highest BCUT2D eigenvalue weighted by Crippen LogP contribution is 2.01. The molecule has 0 aromatic heterocycles. The summed E-state index contributed by atoms with van der Waals surface area (Å²) in [4.78, 5) is 31.2. The van der Waals surface area contributed by atoms with Crippen LogP contribution in [0, 0.1) is 5.92 Å². The number of carbonyl (C=O) groups excluding carboxylic acids is 1. The number of hydrogen-bond donors (Lipinski definition) is 3. The number of carboxylic acids is 2. The Kier molecular flexibility index (Phi) is 3.92. The Morgan fingerprint density at radius 3 is 1.83 bits per heavy atom. The molecular weight excluding hydrogens is 166 g/mol. The number of aliphatic carboxylic acids is 2. The van der Waals surface area contributed by atoms with Crippen LogP contribution in [0.3, 0.4) is 0 Å². The lowest BCUT2D eigenvalue weighted by atomic mass is 10.0. The first-order valence-electron chi connectivity index (χ1n) is 3.19. The predicted molar refractivity (Wildman–Crippen MR) is 37.4 cm³/mol. The number of carbonyl (C=O) groups is 3. The lowest BCUT2D eigenvalue weighted by molar-refractivity contribution is -0.157. The second kappa shape index (κ2) is 4.45. The highest BCUT2D eigenvalue weighted by atomic mass is 16.4. The van der Waals surface area contributed by atoms with Gasteiger partial charge in [-0.25, -0.2) is 0 Å². The molecule has 12 heavy (non-hydrogen) atoms. The molecule has 6 heteroatoms. The molecule has 0 unspecified atom stereocenters. The SMILES string of the molecule is NCCC(=O)C(C(=O)O)C(=O)O. The summed E-state index contributed by atoms with van der Waals surface area (Å²) in [7, 11) is 0. The van der Waals surface area contributed by atoms with Crippen molar-refractivity contribution < 1.29 is 24.6 Å². The molecule has 0 rings (SSSR count). The van der Waals surface area contributed by atoms with Crippen LogP contribution in [0.5, 0.6) is 0 Å². The van der Waals surface area contributed by atoms with Gasteiger partial charge in [0.25, 0.3) is 0 Å². The molecule has 0 saturated carbocycles. The van der Waals surface area contributed by atoms with Gasteiger partial charge in [-0.15, -0.1) is 0 Å². The molecule has 6 nitrogen and oxygen atoms in total. The van der Waals surface area contributed by atoms with E-state index in [1.807, 2.05) is 0 Å². The molecule has 0 aromatic carbocycles. The topological polar surface area (TPSA) is 118 Å². The Labute approximate surface area is 68.0 Å². The van der Waals surface area contributed by atoms with Crippen molar-refractivity contribution in [3.05, 3.63) is 0 Å². The molecule has 0 heterocycles. The average Bonchev–Trinajstić information content (AvgIpc) is 1.85. The summed E-state index contributed by atoms with van der Waals surface area (Å²) in [5.74, 6) is -6.16. The van der Waals surface area contributed by atoms with Crippen LogP contribution in [0.4, 0.5) is 0 Å². The molecular formula is C6H9NO5. The van der Waals surface area contributed by atoms with Crippen LogP contribution in [-0.4, -0.2) is 34.5 Å². The van der Waals surface area contributed by atoms with Crippen molar-refractivity contribution in [1.82, 2.24) is 0 Å². The molecule has 0 spiro atoms. The molecule has 0 bridgehead atoms. The Hall–Kier alpha value is -1.43. The van der Waals surface area contributed by atoms with E-state index in [0.717, 1.165) is 0 Å². The van der Waals surface area contributed by atoms with Gasteiger partial charge in [-0.1, -0.05) is 0 Å². The van der Waals surface area contributed by atoms with Gasteiger partial charge in [-0.05, 0) is 6.54 Å². The molecule has 0 aliphatic rings. The van der Waals surface area contributed by atoms with Crippen LogP contribution in [0.25, 0.3) is 0 Å². The second-order valence-corrected chi connectivity index (χ2v) is 2.11. The second-order valence-electron chi connectivity index (χ2n) is 2.11. The van der Waals surface area contributed by atoms with Crippen LogP contribution in [-0.2, 0) is 14.4 Å². The van der Waals surface area contributed by atoms with Gasteiger partial charge in [0.1, 0.15) is 0 Å². The maximum absolute atomic E-state index is 10.8. The largest absolute Gasteiger partial charge is 0.480 e. The quantitative estimate of drug-likeness (QED) is 0.446. The maximum atomic E-state index is 10.8. The van der Waals surface area contributed by atoms with E-state index in [1.54, 1.807) is 0 Å². The van der Waals surface area contributed by atoms with Crippen molar-refractivity contribution in [2.75, 3.05) is 6.54 Å². The molecule has 0 aliphatic heterocycles. The summed E-state index contributed by atoms with van der Waals surface area (Å²) >= 11 is 0. The zero-order valence-corrected chi connectivity index (χ0v) is 6.19. The number of hydrogen-bond acceptors (Lipinski definition) is 4. The first-order chi connectivity index (χ1) is 5.50. The van der Waals surface area contributed by atoms with Crippen molar-refractivity contribution in [2.24, 2.45) is 11.7 Å². The smallest absolute Gasteiger partial charge is 0.325 e. The van der Waals surface area contributed by atoms with E-state index in [4.69, 9.17) is 15.9 Å². The zero-order chi connectivity index (χ0) is 9.72. The third-order valence-corrected chi connectivity index (χ3v) is 1.21. The van der Waals surface area contributed by atoms with Crippen molar-refractivity contribution in [3.63, 3.8) is 0 Å². The van der Waals surface area contributed by atoms with Crippen molar-refractivity contribution in [2.45, 2.75) is 6.42 Å². The van der Waals surface area contributed by atoms with Crippen LogP contribution in [0.15, 0.2) is 0 Å². The van der Waals surface area contributed by atoms with Crippen LogP contribution in [0.2, 0.25) is 0 Å².